The van der Waals surface area contributed by atoms with E-state index < -0.39 is 34.3 Å². The number of ether oxygens (including phenoxy) is 3. The maximum atomic E-state index is 11.9. The van der Waals surface area contributed by atoms with Crippen molar-refractivity contribution < 1.29 is 28.6 Å². The molecule has 2 bridgehead atoms. The minimum absolute atomic E-state index is 0.307. The number of carbonyl (C=O) groups excluding carboxylic acids is 3. The molecule has 1 saturated heterocycles. The van der Waals surface area contributed by atoms with Gasteiger partial charge in [0.2, 0.25) is 0 Å². The molecule has 1 fully saturated rings. The van der Waals surface area contributed by atoms with E-state index in [2.05, 4.69) is 20.7 Å². The highest BCUT2D eigenvalue weighted by molar-refractivity contribution is 9.10. The summed E-state index contributed by atoms with van der Waals surface area (Å²) >= 11 is 3.27. The molecule has 20 heavy (non-hydrogen) atoms. The second-order valence-corrected chi connectivity index (χ2v) is 5.79. The molecule has 0 N–H and O–H groups in total. The number of esters is 3. The molecule has 3 aliphatic rings. The van der Waals surface area contributed by atoms with Crippen molar-refractivity contribution >= 4 is 33.8 Å². The molecule has 0 radical (unpaired) electrons. The Hall–Kier alpha value is -1.63. The number of methoxy groups -OCH3 is 2. The van der Waals surface area contributed by atoms with Gasteiger partial charge in [-0.3, -0.25) is 9.59 Å². The van der Waals surface area contributed by atoms with E-state index in [0.717, 1.165) is 0 Å². The van der Waals surface area contributed by atoms with Crippen LogP contribution < -0.4 is 0 Å². The molecule has 1 aliphatic carbocycles. The second kappa shape index (κ2) is 5.40. The van der Waals surface area contributed by atoms with Crippen molar-refractivity contribution in [2.24, 2.45) is 5.92 Å². The van der Waals surface area contributed by atoms with Gasteiger partial charge in [-0.15, -0.1) is 0 Å². The molecule has 0 aromatic carbocycles. The third-order valence-corrected chi connectivity index (χ3v) is 4.47. The van der Waals surface area contributed by atoms with Gasteiger partial charge in [-0.05, 0) is 17.7 Å². The van der Waals surface area contributed by atoms with Crippen LogP contribution in [0.2, 0.25) is 0 Å². The van der Waals surface area contributed by atoms with E-state index in [1.165, 1.54) is 26.4 Å². The van der Waals surface area contributed by atoms with Crippen LogP contribution in [-0.2, 0) is 28.6 Å². The van der Waals surface area contributed by atoms with E-state index in [-0.39, 0.29) is 0 Å². The maximum absolute atomic E-state index is 11.9. The van der Waals surface area contributed by atoms with Gasteiger partial charge in [-0.25, -0.2) is 4.79 Å². The summed E-state index contributed by atoms with van der Waals surface area (Å²) in [6, 6.07) is 0. The molecule has 0 aromatic rings. The Labute approximate surface area is 123 Å². The summed E-state index contributed by atoms with van der Waals surface area (Å²) in [7, 11) is 2.54. The fourth-order valence-corrected chi connectivity index (χ4v) is 3.02. The minimum atomic E-state index is -1.25. The van der Waals surface area contributed by atoms with Gasteiger partial charge in [0.25, 0.3) is 0 Å². The lowest BCUT2D eigenvalue weighted by Gasteiger charge is -2.43. The van der Waals surface area contributed by atoms with Gasteiger partial charge in [0.15, 0.2) is 4.32 Å². The number of hydrogen-bond donors (Lipinski definition) is 0. The van der Waals surface area contributed by atoms with E-state index in [1.807, 2.05) is 0 Å². The van der Waals surface area contributed by atoms with Crippen LogP contribution >= 0.6 is 15.9 Å². The Morgan fingerprint density at radius 1 is 1.45 bits per heavy atom. The Morgan fingerprint density at radius 2 is 2.15 bits per heavy atom. The van der Waals surface area contributed by atoms with Crippen LogP contribution in [0.15, 0.2) is 23.8 Å². The van der Waals surface area contributed by atoms with Crippen LogP contribution in [-0.4, -0.2) is 42.6 Å². The molecule has 3 rings (SSSR count). The lowest BCUT2D eigenvalue weighted by molar-refractivity contribution is -0.167. The number of carbonyl (C=O) groups is 3. The van der Waals surface area contributed by atoms with Gasteiger partial charge in [0.1, 0.15) is 6.10 Å². The number of rotatable bonds is 3. The van der Waals surface area contributed by atoms with Gasteiger partial charge in [0.05, 0.1) is 20.1 Å². The van der Waals surface area contributed by atoms with Crippen molar-refractivity contribution in [1.82, 2.24) is 0 Å². The second-order valence-electron chi connectivity index (χ2n) is 4.47. The molecule has 7 heteroatoms. The number of halogens is 1. The van der Waals surface area contributed by atoms with Crippen molar-refractivity contribution in [2.45, 2.75) is 16.8 Å². The highest BCUT2D eigenvalue weighted by atomic mass is 79.9. The van der Waals surface area contributed by atoms with Gasteiger partial charge in [-0.2, -0.15) is 0 Å². The van der Waals surface area contributed by atoms with Crippen molar-refractivity contribution in [2.75, 3.05) is 14.2 Å². The number of fused-ring (bicyclic) bond motifs is 2. The first-order valence-corrected chi connectivity index (χ1v) is 6.68. The monoisotopic (exact) mass is 344 g/mol. The minimum Gasteiger partial charge on any atom is -0.469 e. The van der Waals surface area contributed by atoms with Gasteiger partial charge in [0, 0.05) is 12.5 Å². The van der Waals surface area contributed by atoms with Crippen LogP contribution in [0, 0.1) is 5.92 Å². The Morgan fingerprint density at radius 3 is 2.75 bits per heavy atom. The summed E-state index contributed by atoms with van der Waals surface area (Å²) in [5.41, 5.74) is 0.645. The molecule has 108 valence electrons. The fourth-order valence-electron chi connectivity index (χ4n) is 2.29. The highest BCUT2D eigenvalue weighted by Crippen LogP contribution is 2.46. The van der Waals surface area contributed by atoms with Crippen molar-refractivity contribution in [3.63, 3.8) is 0 Å². The van der Waals surface area contributed by atoms with Crippen molar-refractivity contribution in [1.29, 1.82) is 0 Å². The Bertz CT molecular complexity index is 523. The number of hydrogen-bond acceptors (Lipinski definition) is 6. The van der Waals surface area contributed by atoms with Crippen LogP contribution in [0.25, 0.3) is 0 Å². The molecular formula is C13H13BrO6. The van der Waals surface area contributed by atoms with Gasteiger partial charge >= 0.3 is 17.9 Å². The van der Waals surface area contributed by atoms with E-state index in [4.69, 9.17) is 9.47 Å². The van der Waals surface area contributed by atoms with E-state index in [1.54, 1.807) is 6.08 Å². The predicted octanol–water partition coefficient (Wildman–Crippen LogP) is 0.894. The topological polar surface area (TPSA) is 78.9 Å². The summed E-state index contributed by atoms with van der Waals surface area (Å²) in [4.78, 5) is 34.8. The smallest absolute Gasteiger partial charge is 0.330 e. The van der Waals surface area contributed by atoms with Crippen LogP contribution in [0.1, 0.15) is 6.42 Å². The number of alkyl halides is 1. The summed E-state index contributed by atoms with van der Waals surface area (Å²) in [5, 5.41) is 0. The van der Waals surface area contributed by atoms with Crippen molar-refractivity contribution in [3.05, 3.63) is 23.8 Å². The zero-order valence-electron chi connectivity index (χ0n) is 10.9. The van der Waals surface area contributed by atoms with Crippen molar-refractivity contribution in [3.8, 4) is 0 Å². The van der Waals surface area contributed by atoms with E-state index in [9.17, 15) is 14.4 Å². The highest BCUT2D eigenvalue weighted by Gasteiger charge is 2.57. The average molecular weight is 345 g/mol. The average Bonchev–Trinajstić information content (AvgIpc) is 2.44. The first-order valence-electron chi connectivity index (χ1n) is 5.89. The molecule has 0 unspecified atom stereocenters. The molecule has 0 amide bonds. The largest absolute Gasteiger partial charge is 0.469 e. The third-order valence-electron chi connectivity index (χ3n) is 3.37. The molecular weight excluding hydrogens is 332 g/mol. The molecule has 2 heterocycles. The molecule has 0 spiro atoms. The Kier molecular flexibility index (Phi) is 3.99. The zero-order valence-corrected chi connectivity index (χ0v) is 12.5. The SMILES string of the molecule is COC(=O)/C=C/C1=C[C@]2(Br)C(=O)O[C@H]1C[C@@H]2C(=O)OC. The fraction of sp³-hybridized carbons (Fsp3) is 0.462. The molecule has 2 aliphatic heterocycles. The summed E-state index contributed by atoms with van der Waals surface area (Å²) in [6.45, 7) is 0. The normalized spacial score (nSPS) is 31.8. The lowest BCUT2D eigenvalue weighted by atomic mass is 9.76. The summed E-state index contributed by atoms with van der Waals surface area (Å²) in [5.74, 6) is -2.16. The van der Waals surface area contributed by atoms with Crippen LogP contribution in [0.3, 0.4) is 0 Å². The first kappa shape index (κ1) is 14.8. The van der Waals surface area contributed by atoms with E-state index >= 15 is 0 Å². The van der Waals surface area contributed by atoms with E-state index in [0.29, 0.717) is 12.0 Å². The standard InChI is InChI=1S/C13H13BrO6/c1-18-10(15)4-3-7-6-13(14)8(11(16)19-2)5-9(7)20-12(13)17/h3-4,6,8-9H,5H2,1-2H3/b4-3+/t8-,9+,13-/m1/s1. The molecule has 0 saturated carbocycles. The summed E-state index contributed by atoms with van der Waals surface area (Å²) in [6.07, 6.45) is 4.10. The first-order chi connectivity index (χ1) is 9.42. The summed E-state index contributed by atoms with van der Waals surface area (Å²) < 4.78 is 13.2. The molecule has 6 nitrogen and oxygen atoms in total. The molecule has 3 atom stereocenters. The third kappa shape index (κ3) is 2.37. The van der Waals surface area contributed by atoms with Crippen LogP contribution in [0.5, 0.6) is 0 Å². The Balaban J connectivity index is 2.32. The predicted molar refractivity (Wildman–Crippen MR) is 70.9 cm³/mol. The quantitative estimate of drug-likeness (QED) is 0.327. The van der Waals surface area contributed by atoms with Gasteiger partial charge < -0.3 is 14.2 Å². The van der Waals surface area contributed by atoms with Crippen LogP contribution in [0.4, 0.5) is 0 Å². The zero-order chi connectivity index (χ0) is 14.9. The molecule has 0 aromatic heterocycles. The lowest BCUT2D eigenvalue weighted by Crippen LogP contribution is -2.55. The maximum Gasteiger partial charge on any atom is 0.330 e. The van der Waals surface area contributed by atoms with Gasteiger partial charge in [-0.1, -0.05) is 15.9 Å².